The first kappa shape index (κ1) is 20.7. The number of carbonyl (C=O) groups excluding carboxylic acids is 1. The molecule has 0 amide bonds. The van der Waals surface area contributed by atoms with E-state index in [1.807, 2.05) is 37.3 Å². The number of rotatable bonds is 5. The maximum Gasteiger partial charge on any atom is 0.343 e. The molecular weight excluding hydrogens is 450 g/mol. The zero-order valence-electron chi connectivity index (χ0n) is 15.6. The Kier molecular flexibility index (Phi) is 7.10. The van der Waals surface area contributed by atoms with Crippen LogP contribution in [0.1, 0.15) is 21.5 Å². The number of carbonyl (C=O) groups is 1. The van der Waals surface area contributed by atoms with Gasteiger partial charge in [-0.3, -0.25) is 5.43 Å². The van der Waals surface area contributed by atoms with Gasteiger partial charge in [0.1, 0.15) is 5.75 Å². The summed E-state index contributed by atoms with van der Waals surface area (Å²) in [5.74, 6) is -0.0441. The zero-order chi connectivity index (χ0) is 20.6. The predicted octanol–water partition coefficient (Wildman–Crippen LogP) is 5.30. The van der Waals surface area contributed by atoms with Crippen LogP contribution >= 0.6 is 28.1 Å². The molecule has 0 atom stereocenters. The lowest BCUT2D eigenvalue weighted by Gasteiger charge is -2.09. The first-order valence-electron chi connectivity index (χ1n) is 8.75. The minimum absolute atomic E-state index is 0.352. The maximum absolute atomic E-state index is 12.3. The minimum Gasteiger partial charge on any atom is -0.422 e. The van der Waals surface area contributed by atoms with Crippen molar-refractivity contribution in [3.8, 4) is 5.75 Å². The smallest absolute Gasteiger partial charge is 0.343 e. The summed E-state index contributed by atoms with van der Waals surface area (Å²) < 4.78 is 6.36. The molecule has 0 fully saturated rings. The van der Waals surface area contributed by atoms with Crippen LogP contribution in [0.2, 0.25) is 0 Å². The van der Waals surface area contributed by atoms with Gasteiger partial charge in [-0.1, -0.05) is 46.3 Å². The minimum atomic E-state index is -0.438. The molecule has 0 heterocycles. The van der Waals surface area contributed by atoms with Gasteiger partial charge in [0.05, 0.1) is 11.8 Å². The Morgan fingerprint density at radius 3 is 2.62 bits per heavy atom. The van der Waals surface area contributed by atoms with E-state index in [0.717, 1.165) is 15.7 Å². The first-order chi connectivity index (χ1) is 14.0. The fourth-order valence-corrected chi connectivity index (χ4v) is 3.04. The monoisotopic (exact) mass is 467 g/mol. The Bertz CT molecular complexity index is 1050. The summed E-state index contributed by atoms with van der Waals surface area (Å²) in [5.41, 5.74) is 5.85. The number of anilines is 1. The van der Waals surface area contributed by atoms with Crippen LogP contribution in [0.4, 0.5) is 5.69 Å². The van der Waals surface area contributed by atoms with Crippen molar-refractivity contribution in [2.75, 3.05) is 5.32 Å². The van der Waals surface area contributed by atoms with E-state index in [4.69, 9.17) is 17.0 Å². The Labute approximate surface area is 182 Å². The summed E-state index contributed by atoms with van der Waals surface area (Å²) in [6.45, 7) is 2.01. The van der Waals surface area contributed by atoms with Crippen molar-refractivity contribution in [2.24, 2.45) is 5.10 Å². The molecule has 7 heteroatoms. The lowest BCUT2D eigenvalue weighted by atomic mass is 10.2. The van der Waals surface area contributed by atoms with Crippen molar-refractivity contribution in [2.45, 2.75) is 6.92 Å². The number of aryl methyl sites for hydroxylation is 1. The molecule has 5 nitrogen and oxygen atoms in total. The van der Waals surface area contributed by atoms with Gasteiger partial charge in [-0.25, -0.2) is 4.79 Å². The Balaban J connectivity index is 1.67. The molecule has 0 aromatic heterocycles. The standard InChI is InChI=1S/C22H18BrN3O2S/c1-15-6-5-9-19(12-15)25-22(29)26-24-14-17-13-18(23)10-11-20(17)28-21(27)16-7-3-2-4-8-16/h2-14H,1H3,(H2,25,26,29). The van der Waals surface area contributed by atoms with Gasteiger partial charge in [0.25, 0.3) is 0 Å². The van der Waals surface area contributed by atoms with Gasteiger partial charge in [-0.15, -0.1) is 0 Å². The van der Waals surface area contributed by atoms with Crippen LogP contribution in [-0.4, -0.2) is 17.3 Å². The van der Waals surface area contributed by atoms with Crippen molar-refractivity contribution in [3.05, 3.63) is 94.0 Å². The number of esters is 1. The van der Waals surface area contributed by atoms with Crippen molar-refractivity contribution < 1.29 is 9.53 Å². The van der Waals surface area contributed by atoms with Gasteiger partial charge < -0.3 is 10.1 Å². The normalized spacial score (nSPS) is 10.6. The number of nitrogens with zero attached hydrogens (tertiary/aromatic N) is 1. The van der Waals surface area contributed by atoms with E-state index < -0.39 is 5.97 Å². The molecular formula is C22H18BrN3O2S. The second-order valence-corrected chi connectivity index (χ2v) is 7.46. The summed E-state index contributed by atoms with van der Waals surface area (Å²) in [6.07, 6.45) is 1.54. The van der Waals surface area contributed by atoms with Crippen LogP contribution in [0, 0.1) is 6.92 Å². The molecule has 2 N–H and O–H groups in total. The number of hydrogen-bond donors (Lipinski definition) is 2. The van der Waals surface area contributed by atoms with Crippen LogP contribution in [0.15, 0.2) is 82.4 Å². The summed E-state index contributed by atoms with van der Waals surface area (Å²) in [5, 5.41) is 7.56. The molecule has 3 aromatic rings. The third-order valence-corrected chi connectivity index (χ3v) is 4.52. The second kappa shape index (κ2) is 9.95. The van der Waals surface area contributed by atoms with Crippen molar-refractivity contribution in [3.63, 3.8) is 0 Å². The Hall–Kier alpha value is -3.03. The summed E-state index contributed by atoms with van der Waals surface area (Å²) in [6, 6.07) is 22.0. The number of hydrogen-bond acceptors (Lipinski definition) is 4. The van der Waals surface area contributed by atoms with Crippen molar-refractivity contribution in [1.82, 2.24) is 5.43 Å². The number of hydrazone groups is 1. The highest BCUT2D eigenvalue weighted by molar-refractivity contribution is 9.10. The van der Waals surface area contributed by atoms with Crippen LogP contribution in [0.5, 0.6) is 5.75 Å². The molecule has 0 aliphatic carbocycles. The van der Waals surface area contributed by atoms with E-state index in [1.165, 1.54) is 0 Å². The van der Waals surface area contributed by atoms with Gasteiger partial charge in [-0.2, -0.15) is 5.10 Å². The lowest BCUT2D eigenvalue weighted by Crippen LogP contribution is -2.23. The Morgan fingerprint density at radius 1 is 1.07 bits per heavy atom. The SMILES string of the molecule is Cc1cccc(NC(=S)NN=Cc2cc(Br)ccc2OC(=O)c2ccccc2)c1. The number of ether oxygens (including phenoxy) is 1. The van der Waals surface area contributed by atoms with E-state index in [0.29, 0.717) is 22.0 Å². The molecule has 0 aliphatic rings. The number of benzene rings is 3. The molecule has 3 rings (SSSR count). The molecule has 0 saturated carbocycles. The van der Waals surface area contributed by atoms with Gasteiger partial charge in [0, 0.05) is 15.7 Å². The molecule has 0 aliphatic heterocycles. The van der Waals surface area contributed by atoms with Gasteiger partial charge in [0.15, 0.2) is 5.11 Å². The molecule has 3 aromatic carbocycles. The highest BCUT2D eigenvalue weighted by Crippen LogP contribution is 2.23. The van der Waals surface area contributed by atoms with Gasteiger partial charge >= 0.3 is 5.97 Å². The summed E-state index contributed by atoms with van der Waals surface area (Å²) in [7, 11) is 0. The topological polar surface area (TPSA) is 62.7 Å². The highest BCUT2D eigenvalue weighted by atomic mass is 79.9. The molecule has 0 saturated heterocycles. The molecule has 0 radical (unpaired) electrons. The lowest BCUT2D eigenvalue weighted by molar-refractivity contribution is 0.0734. The fourth-order valence-electron chi connectivity index (χ4n) is 2.49. The number of halogens is 1. The average Bonchev–Trinajstić information content (AvgIpc) is 2.70. The highest BCUT2D eigenvalue weighted by Gasteiger charge is 2.11. The van der Waals surface area contributed by atoms with Crippen molar-refractivity contribution in [1.29, 1.82) is 0 Å². The molecule has 0 spiro atoms. The van der Waals surface area contributed by atoms with E-state index >= 15 is 0 Å². The fraction of sp³-hybridized carbons (Fsp3) is 0.0455. The average molecular weight is 468 g/mol. The molecule has 0 unspecified atom stereocenters. The Morgan fingerprint density at radius 2 is 1.86 bits per heavy atom. The predicted molar refractivity (Wildman–Crippen MR) is 124 cm³/mol. The van der Waals surface area contributed by atoms with Crippen LogP contribution in [0.25, 0.3) is 0 Å². The largest absolute Gasteiger partial charge is 0.422 e. The number of nitrogens with one attached hydrogen (secondary N) is 2. The summed E-state index contributed by atoms with van der Waals surface area (Å²) >= 11 is 8.68. The van der Waals surface area contributed by atoms with E-state index in [-0.39, 0.29) is 0 Å². The second-order valence-electron chi connectivity index (χ2n) is 6.13. The number of thiocarbonyl (C=S) groups is 1. The third kappa shape index (κ3) is 6.23. The molecule has 0 bridgehead atoms. The van der Waals surface area contributed by atoms with Crippen LogP contribution in [0.3, 0.4) is 0 Å². The third-order valence-electron chi connectivity index (χ3n) is 3.83. The van der Waals surface area contributed by atoms with Crippen LogP contribution < -0.4 is 15.5 Å². The van der Waals surface area contributed by atoms with E-state index in [2.05, 4.69) is 31.8 Å². The van der Waals surface area contributed by atoms with Crippen molar-refractivity contribution >= 4 is 51.1 Å². The quantitative estimate of drug-likeness (QED) is 0.175. The zero-order valence-corrected chi connectivity index (χ0v) is 18.0. The molecule has 146 valence electrons. The van der Waals surface area contributed by atoms with Gasteiger partial charge in [0.2, 0.25) is 0 Å². The molecule has 29 heavy (non-hydrogen) atoms. The summed E-state index contributed by atoms with van der Waals surface area (Å²) in [4.78, 5) is 12.3. The van der Waals surface area contributed by atoms with E-state index in [9.17, 15) is 4.79 Å². The first-order valence-corrected chi connectivity index (χ1v) is 9.95. The van der Waals surface area contributed by atoms with E-state index in [1.54, 1.807) is 48.7 Å². The van der Waals surface area contributed by atoms with Gasteiger partial charge in [-0.05, 0) is 67.2 Å². The maximum atomic E-state index is 12.3. The van der Waals surface area contributed by atoms with Crippen LogP contribution in [-0.2, 0) is 0 Å².